The van der Waals surface area contributed by atoms with E-state index in [0.29, 0.717) is 5.02 Å². The molecule has 1 fully saturated rings. The molecule has 0 radical (unpaired) electrons. The summed E-state index contributed by atoms with van der Waals surface area (Å²) in [7, 11) is 0. The van der Waals surface area contributed by atoms with Crippen LogP contribution in [-0.2, 0) is 11.3 Å². The summed E-state index contributed by atoms with van der Waals surface area (Å²) in [5.41, 5.74) is 6.72. The standard InChI is InChI=1S/C25H25ClN4O3/c26-19-10-6-9-17(15-19)13-14-21(31)30(20-11-4-5-12-20)22-23(27)29(25(33)28-24(22)32)16-18-7-2-1-3-8-18/h1-3,6-10,13-15,20H,4-5,11-12,16,27H2,(H,28,32,33)/b14-13+. The van der Waals surface area contributed by atoms with E-state index in [1.165, 1.54) is 15.5 Å². The van der Waals surface area contributed by atoms with Crippen LogP contribution >= 0.6 is 11.6 Å². The Hall–Kier alpha value is -3.58. The number of nitrogens with one attached hydrogen (secondary N) is 1. The van der Waals surface area contributed by atoms with Gasteiger partial charge in [0.2, 0.25) is 0 Å². The Morgan fingerprint density at radius 3 is 2.55 bits per heavy atom. The van der Waals surface area contributed by atoms with Gasteiger partial charge in [0, 0.05) is 17.1 Å². The number of hydrogen-bond acceptors (Lipinski definition) is 4. The van der Waals surface area contributed by atoms with Gasteiger partial charge in [0.05, 0.1) is 6.54 Å². The van der Waals surface area contributed by atoms with Gasteiger partial charge in [-0.2, -0.15) is 0 Å². The van der Waals surface area contributed by atoms with E-state index in [1.807, 2.05) is 36.4 Å². The number of carbonyl (C=O) groups is 1. The number of amides is 1. The molecule has 1 aromatic heterocycles. The molecule has 0 aliphatic heterocycles. The molecule has 4 rings (SSSR count). The molecule has 170 valence electrons. The quantitative estimate of drug-likeness (QED) is 0.541. The van der Waals surface area contributed by atoms with E-state index in [0.717, 1.165) is 36.8 Å². The normalized spacial score (nSPS) is 14.1. The monoisotopic (exact) mass is 464 g/mol. The van der Waals surface area contributed by atoms with E-state index in [-0.39, 0.29) is 30.0 Å². The molecule has 1 aliphatic rings. The predicted molar refractivity (Wildman–Crippen MR) is 132 cm³/mol. The molecule has 8 heteroatoms. The zero-order valence-electron chi connectivity index (χ0n) is 18.0. The minimum atomic E-state index is -0.668. The number of hydrogen-bond donors (Lipinski definition) is 2. The predicted octanol–water partition coefficient (Wildman–Crippen LogP) is 3.81. The van der Waals surface area contributed by atoms with Crippen molar-refractivity contribution in [3.63, 3.8) is 0 Å². The van der Waals surface area contributed by atoms with Crippen molar-refractivity contribution in [2.45, 2.75) is 38.3 Å². The molecule has 1 saturated carbocycles. The van der Waals surface area contributed by atoms with Gasteiger partial charge in [-0.05, 0) is 42.2 Å². The second-order valence-corrected chi connectivity index (χ2v) is 8.54. The van der Waals surface area contributed by atoms with E-state index < -0.39 is 11.2 Å². The molecule has 0 atom stereocenters. The fourth-order valence-electron chi connectivity index (χ4n) is 4.23. The summed E-state index contributed by atoms with van der Waals surface area (Å²) in [5.74, 6) is -0.395. The van der Waals surface area contributed by atoms with Crippen molar-refractivity contribution in [3.8, 4) is 0 Å². The van der Waals surface area contributed by atoms with Crippen LogP contribution < -0.4 is 21.9 Å². The maximum Gasteiger partial charge on any atom is 0.330 e. The van der Waals surface area contributed by atoms with Gasteiger partial charge in [0.15, 0.2) is 5.69 Å². The van der Waals surface area contributed by atoms with E-state index in [4.69, 9.17) is 17.3 Å². The van der Waals surface area contributed by atoms with E-state index in [1.54, 1.807) is 24.3 Å². The van der Waals surface area contributed by atoms with Crippen molar-refractivity contribution in [1.82, 2.24) is 9.55 Å². The third-order valence-corrected chi connectivity index (χ3v) is 6.07. The van der Waals surface area contributed by atoms with Gasteiger partial charge >= 0.3 is 5.69 Å². The zero-order valence-corrected chi connectivity index (χ0v) is 18.8. The smallest absolute Gasteiger partial charge is 0.330 e. The number of benzene rings is 2. The summed E-state index contributed by atoms with van der Waals surface area (Å²) < 4.78 is 1.29. The highest BCUT2D eigenvalue weighted by atomic mass is 35.5. The van der Waals surface area contributed by atoms with Crippen LogP contribution in [0.3, 0.4) is 0 Å². The lowest BCUT2D eigenvalue weighted by atomic mass is 10.1. The lowest BCUT2D eigenvalue weighted by molar-refractivity contribution is -0.114. The van der Waals surface area contributed by atoms with Gasteiger partial charge < -0.3 is 5.73 Å². The number of halogens is 1. The average molecular weight is 465 g/mol. The van der Waals surface area contributed by atoms with E-state index >= 15 is 0 Å². The van der Waals surface area contributed by atoms with Crippen LogP contribution in [0.4, 0.5) is 11.5 Å². The van der Waals surface area contributed by atoms with Crippen LogP contribution in [0.15, 0.2) is 70.3 Å². The highest BCUT2D eigenvalue weighted by molar-refractivity contribution is 6.30. The van der Waals surface area contributed by atoms with Crippen molar-refractivity contribution in [2.24, 2.45) is 0 Å². The first-order valence-corrected chi connectivity index (χ1v) is 11.2. The van der Waals surface area contributed by atoms with Crippen LogP contribution in [-0.4, -0.2) is 21.5 Å². The van der Waals surface area contributed by atoms with Gasteiger partial charge in [-0.1, -0.05) is 66.9 Å². The summed E-state index contributed by atoms with van der Waals surface area (Å²) in [4.78, 5) is 42.6. The first-order chi connectivity index (χ1) is 15.9. The summed E-state index contributed by atoms with van der Waals surface area (Å²) in [6.07, 6.45) is 6.48. The lowest BCUT2D eigenvalue weighted by Crippen LogP contribution is -2.45. The summed E-state index contributed by atoms with van der Waals surface area (Å²) >= 11 is 6.04. The Labute approximate surface area is 196 Å². The highest BCUT2D eigenvalue weighted by Gasteiger charge is 2.31. The Kier molecular flexibility index (Phi) is 6.79. The third kappa shape index (κ3) is 5.09. The second-order valence-electron chi connectivity index (χ2n) is 8.10. The van der Waals surface area contributed by atoms with Crippen molar-refractivity contribution in [2.75, 3.05) is 10.6 Å². The minimum Gasteiger partial charge on any atom is -0.383 e. The van der Waals surface area contributed by atoms with Crippen LogP contribution in [0.1, 0.15) is 36.8 Å². The van der Waals surface area contributed by atoms with Gasteiger partial charge in [0.25, 0.3) is 11.5 Å². The van der Waals surface area contributed by atoms with Crippen molar-refractivity contribution < 1.29 is 4.79 Å². The number of nitrogen functional groups attached to an aromatic ring is 1. The maximum absolute atomic E-state index is 13.4. The third-order valence-electron chi connectivity index (χ3n) is 5.83. The Morgan fingerprint density at radius 2 is 1.85 bits per heavy atom. The highest BCUT2D eigenvalue weighted by Crippen LogP contribution is 2.30. The van der Waals surface area contributed by atoms with Crippen LogP contribution in [0.5, 0.6) is 0 Å². The van der Waals surface area contributed by atoms with Gasteiger partial charge in [-0.15, -0.1) is 0 Å². The fraction of sp³-hybridized carbons (Fsp3) is 0.240. The number of nitrogens with two attached hydrogens (primary N) is 1. The summed E-state index contributed by atoms with van der Waals surface area (Å²) in [5, 5.41) is 0.561. The molecule has 1 amide bonds. The number of rotatable bonds is 6. The number of aromatic amines is 1. The number of nitrogens with zero attached hydrogens (tertiary/aromatic N) is 2. The molecule has 33 heavy (non-hydrogen) atoms. The first kappa shape index (κ1) is 22.6. The summed E-state index contributed by atoms with van der Waals surface area (Å²) in [6, 6.07) is 16.3. The Balaban J connectivity index is 1.75. The molecule has 0 unspecified atom stereocenters. The zero-order chi connectivity index (χ0) is 23.4. The second kappa shape index (κ2) is 9.92. The van der Waals surface area contributed by atoms with Crippen molar-refractivity contribution in [3.05, 3.63) is 97.7 Å². The maximum atomic E-state index is 13.4. The van der Waals surface area contributed by atoms with Gasteiger partial charge in [-0.3, -0.25) is 24.0 Å². The van der Waals surface area contributed by atoms with Gasteiger partial charge in [0.1, 0.15) is 5.82 Å². The van der Waals surface area contributed by atoms with Gasteiger partial charge in [-0.25, -0.2) is 4.79 Å². The molecule has 1 aliphatic carbocycles. The fourth-order valence-corrected chi connectivity index (χ4v) is 4.43. The molecular weight excluding hydrogens is 440 g/mol. The Bertz CT molecular complexity index is 1290. The molecular formula is C25H25ClN4O3. The molecule has 2 aromatic carbocycles. The molecule has 0 spiro atoms. The van der Waals surface area contributed by atoms with Crippen LogP contribution in [0.2, 0.25) is 5.02 Å². The number of carbonyl (C=O) groups excluding carboxylic acids is 1. The molecule has 1 heterocycles. The lowest BCUT2D eigenvalue weighted by Gasteiger charge is -2.29. The number of anilines is 2. The largest absolute Gasteiger partial charge is 0.383 e. The minimum absolute atomic E-state index is 0.0122. The molecule has 3 aromatic rings. The summed E-state index contributed by atoms with van der Waals surface area (Å²) in [6.45, 7) is 0.181. The van der Waals surface area contributed by atoms with E-state index in [2.05, 4.69) is 4.98 Å². The van der Waals surface area contributed by atoms with E-state index in [9.17, 15) is 14.4 Å². The number of aromatic nitrogens is 2. The van der Waals surface area contributed by atoms with Crippen LogP contribution in [0, 0.1) is 0 Å². The topological polar surface area (TPSA) is 101 Å². The molecule has 3 N–H and O–H groups in total. The molecule has 7 nitrogen and oxygen atoms in total. The molecule has 0 bridgehead atoms. The van der Waals surface area contributed by atoms with Crippen LogP contribution in [0.25, 0.3) is 6.08 Å². The average Bonchev–Trinajstić information content (AvgIpc) is 3.33. The first-order valence-electron chi connectivity index (χ1n) is 10.9. The Morgan fingerprint density at radius 1 is 1.12 bits per heavy atom. The SMILES string of the molecule is Nc1c(N(C(=O)/C=C/c2cccc(Cl)c2)C2CCCC2)c(=O)[nH]c(=O)n1Cc1ccccc1. The number of H-pyrrole nitrogens is 1. The van der Waals surface area contributed by atoms with Crippen molar-refractivity contribution >= 4 is 35.1 Å². The van der Waals surface area contributed by atoms with Crippen molar-refractivity contribution in [1.29, 1.82) is 0 Å². The molecule has 0 saturated heterocycles.